The number of rotatable bonds is 12. The number of para-hydroxylation sites is 1. The molecule has 1 aromatic heterocycles. The van der Waals surface area contributed by atoms with Gasteiger partial charge in [0.15, 0.2) is 11.5 Å². The highest BCUT2D eigenvalue weighted by atomic mass is 16.5. The van der Waals surface area contributed by atoms with Crippen LogP contribution in [0.1, 0.15) is 40.4 Å². The molecule has 1 amide bonds. The second kappa shape index (κ2) is 14.9. The Bertz CT molecular complexity index is 1580. The number of carbonyl (C=O) groups excluding carboxylic acids is 1. The largest absolute Gasteiger partial charge is 0.493 e. The molecule has 0 atom stereocenters. The summed E-state index contributed by atoms with van der Waals surface area (Å²) in [5.41, 5.74) is 11.7. The summed E-state index contributed by atoms with van der Waals surface area (Å²) in [5, 5.41) is 6.29. The van der Waals surface area contributed by atoms with Gasteiger partial charge in [-0.05, 0) is 73.4 Å². The highest BCUT2D eigenvalue weighted by Crippen LogP contribution is 2.34. The van der Waals surface area contributed by atoms with Gasteiger partial charge in [0.2, 0.25) is 11.8 Å². The summed E-state index contributed by atoms with van der Waals surface area (Å²) in [5.74, 6) is 1.07. The van der Waals surface area contributed by atoms with Crippen LogP contribution < -0.4 is 30.7 Å². The van der Waals surface area contributed by atoms with Crippen molar-refractivity contribution in [2.75, 3.05) is 61.9 Å². The third kappa shape index (κ3) is 7.89. The highest BCUT2D eigenvalue weighted by Gasteiger charge is 2.21. The molecular formula is C35H43N7O3. The van der Waals surface area contributed by atoms with E-state index < -0.39 is 0 Å². The van der Waals surface area contributed by atoms with Crippen LogP contribution in [0.2, 0.25) is 0 Å². The van der Waals surface area contributed by atoms with Crippen LogP contribution in [0.4, 0.5) is 23.0 Å². The van der Waals surface area contributed by atoms with E-state index in [4.69, 9.17) is 15.2 Å². The number of benzene rings is 3. The van der Waals surface area contributed by atoms with Gasteiger partial charge in [-0.15, -0.1) is 0 Å². The highest BCUT2D eigenvalue weighted by molar-refractivity contribution is 6.06. The molecule has 0 spiro atoms. The van der Waals surface area contributed by atoms with Crippen LogP contribution in [-0.2, 0) is 6.42 Å². The summed E-state index contributed by atoms with van der Waals surface area (Å²) >= 11 is 0. The van der Waals surface area contributed by atoms with Crippen molar-refractivity contribution in [2.45, 2.75) is 33.6 Å². The molecule has 0 radical (unpaired) electrons. The fourth-order valence-electron chi connectivity index (χ4n) is 5.49. The van der Waals surface area contributed by atoms with Crippen molar-refractivity contribution < 1.29 is 14.3 Å². The Hall–Kier alpha value is -4.67. The fraction of sp³-hybridized carbons (Fsp3) is 0.343. The number of nitrogens with two attached hydrogens (primary N) is 1. The van der Waals surface area contributed by atoms with E-state index >= 15 is 0 Å². The van der Waals surface area contributed by atoms with E-state index in [0.29, 0.717) is 24.0 Å². The van der Waals surface area contributed by atoms with E-state index in [2.05, 4.69) is 49.5 Å². The summed E-state index contributed by atoms with van der Waals surface area (Å²) in [6.07, 6.45) is 3.42. The van der Waals surface area contributed by atoms with Crippen molar-refractivity contribution in [2.24, 2.45) is 5.73 Å². The summed E-state index contributed by atoms with van der Waals surface area (Å²) in [7, 11) is 1.60. The van der Waals surface area contributed by atoms with E-state index in [-0.39, 0.29) is 17.4 Å². The zero-order chi connectivity index (χ0) is 31.8. The molecule has 1 fully saturated rings. The maximum Gasteiger partial charge on any atom is 0.262 e. The number of ether oxygens (including phenoxy) is 2. The minimum atomic E-state index is -0.369. The van der Waals surface area contributed by atoms with Gasteiger partial charge in [0.1, 0.15) is 5.56 Å². The van der Waals surface area contributed by atoms with Gasteiger partial charge in [-0.2, -0.15) is 4.98 Å². The Labute approximate surface area is 265 Å². The molecular weight excluding hydrogens is 566 g/mol. The molecule has 4 N–H and O–H groups in total. The summed E-state index contributed by atoms with van der Waals surface area (Å²) in [6.45, 7) is 11.6. The van der Waals surface area contributed by atoms with Crippen LogP contribution >= 0.6 is 0 Å². The summed E-state index contributed by atoms with van der Waals surface area (Å²) in [4.78, 5) is 27.5. The topological polar surface area (TPSA) is 118 Å². The van der Waals surface area contributed by atoms with Crippen molar-refractivity contribution in [3.05, 3.63) is 89.1 Å². The molecule has 5 rings (SSSR count). The zero-order valence-corrected chi connectivity index (χ0v) is 26.6. The number of nitrogens with one attached hydrogen (secondary N) is 2. The number of anilines is 4. The van der Waals surface area contributed by atoms with Crippen molar-refractivity contribution >= 4 is 28.9 Å². The van der Waals surface area contributed by atoms with Gasteiger partial charge >= 0.3 is 0 Å². The first-order valence-electron chi connectivity index (χ1n) is 15.5. The number of aryl methyl sites for hydroxylation is 3. The fourth-order valence-corrected chi connectivity index (χ4v) is 5.49. The van der Waals surface area contributed by atoms with Gasteiger partial charge in [-0.3, -0.25) is 9.69 Å². The lowest BCUT2D eigenvalue weighted by atomic mass is 10.1. The van der Waals surface area contributed by atoms with Crippen LogP contribution in [-0.4, -0.2) is 67.2 Å². The van der Waals surface area contributed by atoms with Crippen LogP contribution in [0.15, 0.2) is 66.9 Å². The molecule has 3 aromatic carbocycles. The minimum absolute atomic E-state index is 0.116. The summed E-state index contributed by atoms with van der Waals surface area (Å²) in [6, 6.07) is 19.9. The van der Waals surface area contributed by atoms with Gasteiger partial charge in [0.25, 0.3) is 5.91 Å². The van der Waals surface area contributed by atoms with E-state index in [1.165, 1.54) is 6.20 Å². The molecule has 1 aliphatic heterocycles. The number of piperazine rings is 1. The van der Waals surface area contributed by atoms with Crippen molar-refractivity contribution in [1.82, 2.24) is 14.9 Å². The molecule has 236 valence electrons. The zero-order valence-electron chi connectivity index (χ0n) is 26.6. The molecule has 10 nitrogen and oxygen atoms in total. The monoisotopic (exact) mass is 609 g/mol. The Morgan fingerprint density at radius 2 is 1.71 bits per heavy atom. The third-order valence-corrected chi connectivity index (χ3v) is 8.00. The van der Waals surface area contributed by atoms with E-state index in [0.717, 1.165) is 79.3 Å². The van der Waals surface area contributed by atoms with Crippen LogP contribution in [0, 0.1) is 13.8 Å². The molecule has 0 saturated carbocycles. The van der Waals surface area contributed by atoms with Gasteiger partial charge in [0, 0.05) is 62.5 Å². The molecule has 1 saturated heterocycles. The van der Waals surface area contributed by atoms with Crippen LogP contribution in [0.3, 0.4) is 0 Å². The average Bonchev–Trinajstić information content (AvgIpc) is 3.05. The van der Waals surface area contributed by atoms with Crippen molar-refractivity contribution in [3.63, 3.8) is 0 Å². The molecule has 0 bridgehead atoms. The number of methoxy groups -OCH3 is 1. The van der Waals surface area contributed by atoms with Crippen molar-refractivity contribution in [3.8, 4) is 17.4 Å². The van der Waals surface area contributed by atoms with Gasteiger partial charge in [-0.1, -0.05) is 37.6 Å². The van der Waals surface area contributed by atoms with E-state index in [9.17, 15) is 4.79 Å². The van der Waals surface area contributed by atoms with Crippen LogP contribution in [0.5, 0.6) is 17.4 Å². The molecule has 45 heavy (non-hydrogen) atoms. The quantitative estimate of drug-likeness (QED) is 0.180. The first kappa shape index (κ1) is 31.7. The molecule has 2 heterocycles. The Kier molecular flexibility index (Phi) is 10.5. The predicted molar refractivity (Wildman–Crippen MR) is 180 cm³/mol. The molecule has 0 unspecified atom stereocenters. The maximum atomic E-state index is 13.6. The first-order valence-corrected chi connectivity index (χ1v) is 15.5. The molecule has 10 heteroatoms. The number of carbonyl (C=O) groups is 1. The second-order valence-corrected chi connectivity index (χ2v) is 11.3. The Balaban J connectivity index is 1.39. The Morgan fingerprint density at radius 3 is 2.38 bits per heavy atom. The van der Waals surface area contributed by atoms with Gasteiger partial charge in [0.05, 0.1) is 7.11 Å². The smallest absolute Gasteiger partial charge is 0.262 e. The molecule has 0 aliphatic carbocycles. The molecule has 1 aliphatic rings. The number of hydrogen-bond acceptors (Lipinski definition) is 9. The standard InChI is InChI=1S/C35H43N7O3/c1-5-7-26-10-15-30(31(22-26)44-4)45-34-29(33(43)39-32-24(2)8-6-9-25(32)3)23-37-35(40-34)38-27-11-13-28(14-12-27)42-20-18-41(17-16-36)19-21-42/h6,8-15,22-23H,5,7,16-21,36H2,1-4H3,(H,39,43)(H,37,38,40). The van der Waals surface area contributed by atoms with Crippen molar-refractivity contribution in [1.29, 1.82) is 0 Å². The third-order valence-electron chi connectivity index (χ3n) is 8.00. The molecule has 4 aromatic rings. The average molecular weight is 610 g/mol. The second-order valence-electron chi connectivity index (χ2n) is 11.3. The van der Waals surface area contributed by atoms with E-state index in [1.54, 1.807) is 7.11 Å². The SMILES string of the molecule is CCCc1ccc(Oc2nc(Nc3ccc(N4CCN(CCN)CC4)cc3)ncc2C(=O)Nc2c(C)cccc2C)c(OC)c1. The predicted octanol–water partition coefficient (Wildman–Crippen LogP) is 5.92. The normalized spacial score (nSPS) is 13.4. The first-order chi connectivity index (χ1) is 21.9. The Morgan fingerprint density at radius 1 is 0.978 bits per heavy atom. The lowest BCUT2D eigenvalue weighted by Crippen LogP contribution is -2.47. The lowest BCUT2D eigenvalue weighted by molar-refractivity contribution is 0.102. The minimum Gasteiger partial charge on any atom is -0.493 e. The van der Waals surface area contributed by atoms with Crippen LogP contribution in [0.25, 0.3) is 0 Å². The number of amides is 1. The van der Waals surface area contributed by atoms with Gasteiger partial charge < -0.3 is 30.7 Å². The number of aromatic nitrogens is 2. The van der Waals surface area contributed by atoms with Gasteiger partial charge in [-0.25, -0.2) is 4.98 Å². The van der Waals surface area contributed by atoms with E-state index in [1.807, 2.05) is 62.4 Å². The summed E-state index contributed by atoms with van der Waals surface area (Å²) < 4.78 is 11.9. The maximum absolute atomic E-state index is 13.6. The number of hydrogen-bond donors (Lipinski definition) is 3. The number of nitrogens with zero attached hydrogens (tertiary/aromatic N) is 4. The lowest BCUT2D eigenvalue weighted by Gasteiger charge is -2.36.